The molecule has 1 aromatic carbocycles. The van der Waals surface area contributed by atoms with E-state index >= 15 is 0 Å². The average molecular weight is 310 g/mol. The molecule has 0 saturated heterocycles. The number of halogens is 1. The van der Waals surface area contributed by atoms with Crippen molar-refractivity contribution in [1.82, 2.24) is 0 Å². The van der Waals surface area contributed by atoms with Gasteiger partial charge in [-0.1, -0.05) is 15.9 Å². The van der Waals surface area contributed by atoms with Gasteiger partial charge in [-0.2, -0.15) is 0 Å². The summed E-state index contributed by atoms with van der Waals surface area (Å²) in [5.41, 5.74) is 0.705. The van der Waals surface area contributed by atoms with E-state index < -0.39 is 4.92 Å². The molecule has 0 amide bonds. The number of carbonyl (C=O) groups excluding carboxylic acids is 1. The lowest BCUT2D eigenvalue weighted by atomic mass is 10.1. The van der Waals surface area contributed by atoms with Crippen LogP contribution in [0.3, 0.4) is 0 Å². The van der Waals surface area contributed by atoms with Crippen LogP contribution >= 0.6 is 15.9 Å². The topological polar surface area (TPSA) is 73.3 Å². The molecule has 0 bridgehead atoms. The SMILES string of the molecule is O=C(CBr)c1ccc(-c2ccc([N+](=O)[O-])cc2)o1. The van der Waals surface area contributed by atoms with Gasteiger partial charge in [-0.15, -0.1) is 0 Å². The number of rotatable bonds is 4. The molecule has 0 aliphatic rings. The first-order valence-electron chi connectivity index (χ1n) is 5.05. The molecule has 1 heterocycles. The van der Waals surface area contributed by atoms with Crippen LogP contribution in [0.25, 0.3) is 11.3 Å². The maximum Gasteiger partial charge on any atom is 0.269 e. The second kappa shape index (κ2) is 5.14. The highest BCUT2D eigenvalue weighted by Crippen LogP contribution is 2.24. The molecule has 0 N–H and O–H groups in total. The van der Waals surface area contributed by atoms with Crippen LogP contribution in [0.1, 0.15) is 10.6 Å². The van der Waals surface area contributed by atoms with E-state index in [1.54, 1.807) is 24.3 Å². The van der Waals surface area contributed by atoms with E-state index in [9.17, 15) is 14.9 Å². The summed E-state index contributed by atoms with van der Waals surface area (Å²) < 4.78 is 5.37. The van der Waals surface area contributed by atoms with Crippen molar-refractivity contribution in [3.8, 4) is 11.3 Å². The Morgan fingerprint density at radius 1 is 1.22 bits per heavy atom. The maximum absolute atomic E-state index is 11.4. The Hall–Kier alpha value is -1.95. The van der Waals surface area contributed by atoms with Gasteiger partial charge in [-0.25, -0.2) is 0 Å². The van der Waals surface area contributed by atoms with E-state index in [0.29, 0.717) is 11.3 Å². The zero-order valence-electron chi connectivity index (χ0n) is 9.13. The lowest BCUT2D eigenvalue weighted by Gasteiger charge is -1.96. The van der Waals surface area contributed by atoms with Crippen LogP contribution < -0.4 is 0 Å². The summed E-state index contributed by atoms with van der Waals surface area (Å²) >= 11 is 3.06. The Bertz CT molecular complexity index is 588. The molecule has 0 atom stereocenters. The Morgan fingerprint density at radius 3 is 2.44 bits per heavy atom. The smallest absolute Gasteiger partial charge is 0.269 e. The van der Waals surface area contributed by atoms with Crippen molar-refractivity contribution >= 4 is 27.4 Å². The number of non-ortho nitro benzene ring substituents is 1. The number of furan rings is 1. The maximum atomic E-state index is 11.4. The van der Waals surface area contributed by atoms with Crippen LogP contribution in [-0.2, 0) is 0 Å². The molecular formula is C12H8BrNO4. The third-order valence-electron chi connectivity index (χ3n) is 2.36. The lowest BCUT2D eigenvalue weighted by molar-refractivity contribution is -0.384. The molecule has 18 heavy (non-hydrogen) atoms. The second-order valence-electron chi connectivity index (χ2n) is 3.52. The van der Waals surface area contributed by atoms with Crippen molar-refractivity contribution in [3.05, 3.63) is 52.3 Å². The summed E-state index contributed by atoms with van der Waals surface area (Å²) in [6.45, 7) is 0. The van der Waals surface area contributed by atoms with E-state index in [-0.39, 0.29) is 22.6 Å². The summed E-state index contributed by atoms with van der Waals surface area (Å²) in [6, 6.07) is 9.20. The van der Waals surface area contributed by atoms with Crippen molar-refractivity contribution in [2.45, 2.75) is 0 Å². The number of nitrogens with zero attached hydrogens (tertiary/aromatic N) is 1. The van der Waals surface area contributed by atoms with Gasteiger partial charge in [0.2, 0.25) is 5.78 Å². The third-order valence-corrected chi connectivity index (χ3v) is 2.87. The highest BCUT2D eigenvalue weighted by Gasteiger charge is 2.12. The van der Waals surface area contributed by atoms with Crippen molar-refractivity contribution in [3.63, 3.8) is 0 Å². The first-order valence-corrected chi connectivity index (χ1v) is 6.18. The van der Waals surface area contributed by atoms with Gasteiger partial charge in [0.15, 0.2) is 5.76 Å². The van der Waals surface area contributed by atoms with Gasteiger partial charge in [-0.05, 0) is 24.3 Å². The minimum Gasteiger partial charge on any atom is -0.453 e. The number of hydrogen-bond donors (Lipinski definition) is 0. The van der Waals surface area contributed by atoms with Crippen molar-refractivity contribution in [2.75, 3.05) is 5.33 Å². The molecular weight excluding hydrogens is 302 g/mol. The highest BCUT2D eigenvalue weighted by atomic mass is 79.9. The number of benzene rings is 1. The van der Waals surface area contributed by atoms with E-state index in [4.69, 9.17) is 4.42 Å². The number of nitro groups is 1. The molecule has 2 rings (SSSR count). The van der Waals surface area contributed by atoms with Crippen LogP contribution in [0.2, 0.25) is 0 Å². The fourth-order valence-electron chi connectivity index (χ4n) is 1.46. The number of nitro benzene ring substituents is 1. The standard InChI is InChI=1S/C12H8BrNO4/c13-7-10(15)12-6-5-11(18-12)8-1-3-9(4-2-8)14(16)17/h1-6H,7H2. The fraction of sp³-hybridized carbons (Fsp3) is 0.0833. The molecule has 0 saturated carbocycles. The predicted molar refractivity (Wildman–Crippen MR) is 68.9 cm³/mol. The summed E-state index contributed by atoms with van der Waals surface area (Å²) in [4.78, 5) is 21.4. The van der Waals surface area contributed by atoms with Crippen LogP contribution in [0.4, 0.5) is 5.69 Å². The highest BCUT2D eigenvalue weighted by molar-refractivity contribution is 9.09. The van der Waals surface area contributed by atoms with Crippen LogP contribution in [0.5, 0.6) is 0 Å². The van der Waals surface area contributed by atoms with E-state index in [1.165, 1.54) is 12.1 Å². The van der Waals surface area contributed by atoms with Crippen molar-refractivity contribution in [2.24, 2.45) is 0 Å². The zero-order valence-corrected chi connectivity index (χ0v) is 10.7. The Morgan fingerprint density at radius 2 is 1.89 bits per heavy atom. The summed E-state index contributed by atoms with van der Waals surface area (Å²) in [5, 5.41) is 10.7. The fourth-order valence-corrected chi connectivity index (χ4v) is 1.73. The molecule has 0 spiro atoms. The van der Waals surface area contributed by atoms with Gasteiger partial charge >= 0.3 is 0 Å². The number of alkyl halides is 1. The van der Waals surface area contributed by atoms with Crippen LogP contribution in [0, 0.1) is 10.1 Å². The van der Waals surface area contributed by atoms with E-state index in [1.807, 2.05) is 0 Å². The number of carbonyl (C=O) groups is 1. The third kappa shape index (κ3) is 2.48. The first kappa shape index (κ1) is 12.5. The van der Waals surface area contributed by atoms with Crippen molar-refractivity contribution < 1.29 is 14.1 Å². The molecule has 0 aliphatic heterocycles. The molecule has 92 valence electrons. The zero-order chi connectivity index (χ0) is 13.1. The lowest BCUT2D eigenvalue weighted by Crippen LogP contribution is -1.96. The van der Waals surface area contributed by atoms with Gasteiger partial charge in [0.1, 0.15) is 5.76 Å². The van der Waals surface area contributed by atoms with E-state index in [2.05, 4.69) is 15.9 Å². The number of Topliss-reactive ketones (excluding diaryl/α,β-unsaturated/α-hetero) is 1. The van der Waals surface area contributed by atoms with Gasteiger partial charge < -0.3 is 4.42 Å². The van der Waals surface area contributed by atoms with Crippen LogP contribution in [-0.4, -0.2) is 16.0 Å². The Labute approximate surface area is 111 Å². The van der Waals surface area contributed by atoms with Gasteiger partial charge in [0, 0.05) is 17.7 Å². The van der Waals surface area contributed by atoms with Gasteiger partial charge in [0.25, 0.3) is 5.69 Å². The minimum atomic E-state index is -0.467. The molecule has 2 aromatic rings. The largest absolute Gasteiger partial charge is 0.453 e. The predicted octanol–water partition coefficient (Wildman–Crippen LogP) is 3.43. The summed E-state index contributed by atoms with van der Waals surface area (Å²) in [5.74, 6) is 0.623. The van der Waals surface area contributed by atoms with E-state index in [0.717, 1.165) is 0 Å². The normalized spacial score (nSPS) is 10.3. The van der Waals surface area contributed by atoms with Gasteiger partial charge in [-0.3, -0.25) is 14.9 Å². The Balaban J connectivity index is 2.29. The number of ketones is 1. The molecule has 5 nitrogen and oxygen atoms in total. The molecule has 0 radical (unpaired) electrons. The second-order valence-corrected chi connectivity index (χ2v) is 4.09. The quantitative estimate of drug-likeness (QED) is 0.375. The molecule has 6 heteroatoms. The van der Waals surface area contributed by atoms with Crippen molar-refractivity contribution in [1.29, 1.82) is 0 Å². The molecule has 0 aliphatic carbocycles. The minimum absolute atomic E-state index is 0.0158. The average Bonchev–Trinajstić information content (AvgIpc) is 2.87. The number of hydrogen-bond acceptors (Lipinski definition) is 4. The molecule has 0 unspecified atom stereocenters. The summed E-state index contributed by atoms with van der Waals surface area (Å²) in [6.07, 6.45) is 0. The van der Waals surface area contributed by atoms with Gasteiger partial charge in [0.05, 0.1) is 10.3 Å². The Kier molecular flexibility index (Phi) is 3.57. The summed E-state index contributed by atoms with van der Waals surface area (Å²) in [7, 11) is 0. The first-order chi connectivity index (χ1) is 8.61. The van der Waals surface area contributed by atoms with Crippen LogP contribution in [0.15, 0.2) is 40.8 Å². The molecule has 1 aromatic heterocycles. The molecule has 0 fully saturated rings. The monoisotopic (exact) mass is 309 g/mol.